The van der Waals surface area contributed by atoms with Gasteiger partial charge in [-0.1, -0.05) is 66.7 Å². The molecule has 0 aliphatic rings. The van der Waals surface area contributed by atoms with Crippen LogP contribution in [0, 0.1) is 0 Å². The van der Waals surface area contributed by atoms with Gasteiger partial charge in [0.15, 0.2) is 5.69 Å². The van der Waals surface area contributed by atoms with Gasteiger partial charge in [0, 0.05) is 23.9 Å². The number of amides is 2. The van der Waals surface area contributed by atoms with Gasteiger partial charge in [-0.2, -0.15) is 5.10 Å². The zero-order valence-corrected chi connectivity index (χ0v) is 17.5. The lowest BCUT2D eigenvalue weighted by molar-refractivity contribution is -0.121. The van der Waals surface area contributed by atoms with Gasteiger partial charge in [-0.25, -0.2) is 0 Å². The summed E-state index contributed by atoms with van der Waals surface area (Å²) in [5.41, 5.74) is 3.20. The summed E-state index contributed by atoms with van der Waals surface area (Å²) in [7, 11) is 0. The molecule has 0 spiro atoms. The van der Waals surface area contributed by atoms with E-state index in [4.69, 9.17) is 4.74 Å². The first-order valence-corrected chi connectivity index (χ1v) is 10.5. The largest absolute Gasteiger partial charge is 0.491 e. The molecule has 0 aliphatic heterocycles. The number of nitrogens with zero attached hydrogens (tertiary/aromatic N) is 1. The van der Waals surface area contributed by atoms with E-state index in [0.29, 0.717) is 18.8 Å². The minimum absolute atomic E-state index is 0.155. The Bertz CT molecular complexity index is 1200. The molecule has 7 heteroatoms. The zero-order valence-electron chi connectivity index (χ0n) is 17.5. The van der Waals surface area contributed by atoms with Gasteiger partial charge in [0.25, 0.3) is 5.91 Å². The van der Waals surface area contributed by atoms with E-state index in [1.165, 1.54) is 0 Å². The Kier molecular flexibility index (Phi) is 6.77. The third-order valence-corrected chi connectivity index (χ3v) is 4.98. The first-order chi connectivity index (χ1) is 15.7. The molecule has 2 amide bonds. The van der Waals surface area contributed by atoms with Crippen LogP contribution in [0.25, 0.3) is 22.0 Å². The van der Waals surface area contributed by atoms with Crippen LogP contribution in [-0.2, 0) is 4.79 Å². The fourth-order valence-electron chi connectivity index (χ4n) is 3.40. The highest BCUT2D eigenvalue weighted by Gasteiger charge is 2.13. The summed E-state index contributed by atoms with van der Waals surface area (Å²) in [6.07, 6.45) is 0.175. The van der Waals surface area contributed by atoms with Gasteiger partial charge >= 0.3 is 0 Å². The van der Waals surface area contributed by atoms with E-state index in [-0.39, 0.29) is 24.8 Å². The maximum atomic E-state index is 12.3. The number of nitrogens with one attached hydrogen (secondary N) is 3. The van der Waals surface area contributed by atoms with Crippen LogP contribution in [0.3, 0.4) is 0 Å². The molecule has 3 aromatic carbocycles. The Morgan fingerprint density at radius 2 is 1.59 bits per heavy atom. The normalized spacial score (nSPS) is 10.6. The molecule has 4 aromatic rings. The van der Waals surface area contributed by atoms with Crippen LogP contribution >= 0.6 is 0 Å². The van der Waals surface area contributed by atoms with Crippen molar-refractivity contribution >= 4 is 22.7 Å². The number of carbonyl (C=O) groups excluding carboxylic acids is 2. The van der Waals surface area contributed by atoms with Crippen LogP contribution in [-0.4, -0.2) is 41.7 Å². The van der Waals surface area contributed by atoms with Crippen molar-refractivity contribution in [1.29, 1.82) is 0 Å². The average Bonchev–Trinajstić information content (AvgIpc) is 3.27. The first kappa shape index (κ1) is 21.1. The van der Waals surface area contributed by atoms with E-state index in [9.17, 15) is 9.59 Å². The molecule has 0 atom stereocenters. The van der Waals surface area contributed by atoms with E-state index in [2.05, 4.69) is 20.8 Å². The van der Waals surface area contributed by atoms with E-state index >= 15 is 0 Å². The number of carbonyl (C=O) groups is 2. The number of benzene rings is 3. The summed E-state index contributed by atoms with van der Waals surface area (Å²) in [6, 6.07) is 25.2. The average molecular weight is 428 g/mol. The summed E-state index contributed by atoms with van der Waals surface area (Å²) in [6.45, 7) is 0.949. The number of hydrogen-bond acceptors (Lipinski definition) is 4. The van der Waals surface area contributed by atoms with Crippen molar-refractivity contribution in [3.8, 4) is 16.9 Å². The SMILES string of the molecule is O=C(CCNC(=O)c1n[nH]c2ccccc12)NCCOc1ccccc1-c1ccccc1. The highest BCUT2D eigenvalue weighted by atomic mass is 16.5. The Morgan fingerprint density at radius 3 is 2.47 bits per heavy atom. The maximum Gasteiger partial charge on any atom is 0.272 e. The van der Waals surface area contributed by atoms with Gasteiger partial charge in [-0.15, -0.1) is 0 Å². The minimum atomic E-state index is -0.309. The van der Waals surface area contributed by atoms with Crippen molar-refractivity contribution < 1.29 is 14.3 Å². The summed E-state index contributed by atoms with van der Waals surface area (Å²) in [4.78, 5) is 24.4. The van der Waals surface area contributed by atoms with Gasteiger partial charge < -0.3 is 15.4 Å². The Balaban J connectivity index is 1.19. The molecule has 0 aliphatic carbocycles. The lowest BCUT2D eigenvalue weighted by atomic mass is 10.1. The molecular weight excluding hydrogens is 404 g/mol. The fraction of sp³-hybridized carbons (Fsp3) is 0.160. The predicted molar refractivity (Wildman–Crippen MR) is 123 cm³/mol. The van der Waals surface area contributed by atoms with Crippen molar-refractivity contribution in [2.75, 3.05) is 19.7 Å². The lowest BCUT2D eigenvalue weighted by Crippen LogP contribution is -2.32. The van der Waals surface area contributed by atoms with E-state index in [0.717, 1.165) is 27.8 Å². The summed E-state index contributed by atoms with van der Waals surface area (Å²) < 4.78 is 5.88. The van der Waals surface area contributed by atoms with Gasteiger partial charge in [0.1, 0.15) is 12.4 Å². The molecular formula is C25H24N4O3. The van der Waals surface area contributed by atoms with E-state index in [1.54, 1.807) is 0 Å². The molecule has 1 heterocycles. The van der Waals surface area contributed by atoms with Crippen LogP contribution in [0.2, 0.25) is 0 Å². The second kappa shape index (κ2) is 10.3. The first-order valence-electron chi connectivity index (χ1n) is 10.5. The van der Waals surface area contributed by atoms with Crippen LogP contribution < -0.4 is 15.4 Å². The van der Waals surface area contributed by atoms with Crippen molar-refractivity contribution in [2.24, 2.45) is 0 Å². The molecule has 7 nitrogen and oxygen atoms in total. The van der Waals surface area contributed by atoms with Crippen molar-refractivity contribution in [3.05, 3.63) is 84.6 Å². The third kappa shape index (κ3) is 5.13. The third-order valence-electron chi connectivity index (χ3n) is 4.98. The number of fused-ring (bicyclic) bond motifs is 1. The fourth-order valence-corrected chi connectivity index (χ4v) is 3.40. The van der Waals surface area contributed by atoms with Gasteiger partial charge in [-0.3, -0.25) is 14.7 Å². The van der Waals surface area contributed by atoms with Gasteiger partial charge in [-0.05, 0) is 17.7 Å². The molecule has 0 saturated carbocycles. The molecule has 0 unspecified atom stereocenters. The molecule has 1 aromatic heterocycles. The van der Waals surface area contributed by atoms with Gasteiger partial charge in [0.2, 0.25) is 5.91 Å². The van der Waals surface area contributed by atoms with Crippen LogP contribution in [0.15, 0.2) is 78.9 Å². The standard InChI is InChI=1S/C25H24N4O3/c30-23(14-15-27-25(31)24-20-11-4-6-12-21(20)28-29-24)26-16-17-32-22-13-7-5-10-19(22)18-8-2-1-3-9-18/h1-13H,14-17H2,(H,26,30)(H,27,31)(H,28,29). The van der Waals surface area contributed by atoms with Crippen molar-refractivity contribution in [3.63, 3.8) is 0 Å². The van der Waals surface area contributed by atoms with E-state index < -0.39 is 0 Å². The van der Waals surface area contributed by atoms with Crippen LogP contribution in [0.5, 0.6) is 5.75 Å². The Hall–Kier alpha value is -4.13. The van der Waals surface area contributed by atoms with E-state index in [1.807, 2.05) is 78.9 Å². The second-order valence-corrected chi connectivity index (χ2v) is 7.18. The smallest absolute Gasteiger partial charge is 0.272 e. The number of hydrogen-bond donors (Lipinski definition) is 3. The highest BCUT2D eigenvalue weighted by molar-refractivity contribution is 6.04. The van der Waals surface area contributed by atoms with Gasteiger partial charge in [0.05, 0.1) is 12.1 Å². The highest BCUT2D eigenvalue weighted by Crippen LogP contribution is 2.29. The molecule has 0 fully saturated rings. The Labute approximate surface area is 185 Å². The molecule has 3 N–H and O–H groups in total. The number of aromatic nitrogens is 2. The summed E-state index contributed by atoms with van der Waals surface area (Å²) >= 11 is 0. The number of aromatic amines is 1. The zero-order chi connectivity index (χ0) is 22.2. The summed E-state index contributed by atoms with van der Waals surface area (Å²) in [5, 5.41) is 13.2. The molecule has 162 valence electrons. The molecule has 0 radical (unpaired) electrons. The number of para-hydroxylation sites is 2. The molecule has 0 bridgehead atoms. The van der Waals surface area contributed by atoms with Crippen LogP contribution in [0.4, 0.5) is 0 Å². The second-order valence-electron chi connectivity index (χ2n) is 7.18. The maximum absolute atomic E-state index is 12.3. The number of H-pyrrole nitrogens is 1. The Morgan fingerprint density at radius 1 is 0.844 bits per heavy atom. The van der Waals surface area contributed by atoms with Crippen molar-refractivity contribution in [2.45, 2.75) is 6.42 Å². The monoisotopic (exact) mass is 428 g/mol. The van der Waals surface area contributed by atoms with Crippen LogP contribution in [0.1, 0.15) is 16.9 Å². The molecule has 32 heavy (non-hydrogen) atoms. The topological polar surface area (TPSA) is 96.1 Å². The quantitative estimate of drug-likeness (QED) is 0.355. The lowest BCUT2D eigenvalue weighted by Gasteiger charge is -2.12. The predicted octanol–water partition coefficient (Wildman–Crippen LogP) is 3.55. The number of rotatable bonds is 9. The van der Waals surface area contributed by atoms with Crippen molar-refractivity contribution in [1.82, 2.24) is 20.8 Å². The molecule has 4 rings (SSSR count). The minimum Gasteiger partial charge on any atom is -0.491 e. The molecule has 0 saturated heterocycles. The number of ether oxygens (including phenoxy) is 1. The summed E-state index contributed by atoms with van der Waals surface area (Å²) in [5.74, 6) is 0.305.